The molecule has 1 fully saturated rings. The molecule has 0 aliphatic carbocycles. The van der Waals surface area contributed by atoms with E-state index in [1.165, 1.54) is 4.90 Å². The molecule has 1 aliphatic rings. The smallest absolute Gasteiger partial charge is 0.246 e. The number of halogens is 1. The Labute approximate surface area is 114 Å². The first-order valence-electron chi connectivity index (χ1n) is 5.80. The van der Waals surface area contributed by atoms with Crippen molar-refractivity contribution < 1.29 is 9.59 Å². The molecule has 2 heterocycles. The van der Waals surface area contributed by atoms with E-state index in [1.54, 1.807) is 12.3 Å². The van der Waals surface area contributed by atoms with Crippen molar-refractivity contribution in [3.8, 4) is 0 Å². The first-order valence-corrected chi connectivity index (χ1v) is 6.59. The molecule has 1 aliphatic heterocycles. The molecule has 1 N–H and O–H groups in total. The third kappa shape index (κ3) is 2.76. The fourth-order valence-electron chi connectivity index (χ4n) is 1.85. The zero-order valence-electron chi connectivity index (χ0n) is 10.0. The van der Waals surface area contributed by atoms with Gasteiger partial charge in [0, 0.05) is 10.7 Å². The molecule has 0 bridgehead atoms. The summed E-state index contributed by atoms with van der Waals surface area (Å²) in [4.78, 5) is 29.2. The summed E-state index contributed by atoms with van der Waals surface area (Å²) >= 11 is 3.30. The van der Waals surface area contributed by atoms with Crippen molar-refractivity contribution in [1.29, 1.82) is 0 Å². The molecule has 18 heavy (non-hydrogen) atoms. The summed E-state index contributed by atoms with van der Waals surface area (Å²) < 4.78 is 0.871. The van der Waals surface area contributed by atoms with Gasteiger partial charge in [-0.1, -0.05) is 6.92 Å². The highest BCUT2D eigenvalue weighted by atomic mass is 79.9. The Morgan fingerprint density at radius 2 is 2.28 bits per heavy atom. The highest BCUT2D eigenvalue weighted by Gasteiger charge is 2.32. The van der Waals surface area contributed by atoms with Crippen LogP contribution >= 0.6 is 15.9 Å². The van der Waals surface area contributed by atoms with Gasteiger partial charge >= 0.3 is 0 Å². The molecule has 1 unspecified atom stereocenters. The van der Waals surface area contributed by atoms with E-state index in [4.69, 9.17) is 0 Å². The molecule has 1 atom stereocenters. The number of piperazine rings is 1. The van der Waals surface area contributed by atoms with Gasteiger partial charge in [0.25, 0.3) is 0 Å². The number of imide groups is 1. The van der Waals surface area contributed by atoms with E-state index in [0.717, 1.165) is 4.47 Å². The Balaban J connectivity index is 2.13. The van der Waals surface area contributed by atoms with Crippen LogP contribution in [0.4, 0.5) is 0 Å². The van der Waals surface area contributed by atoms with E-state index < -0.39 is 0 Å². The summed E-state index contributed by atoms with van der Waals surface area (Å²) in [6.07, 6.45) is 2.33. The quantitative estimate of drug-likeness (QED) is 0.849. The third-order valence-corrected chi connectivity index (χ3v) is 3.35. The molecule has 1 saturated heterocycles. The number of hydrogen-bond donors (Lipinski definition) is 1. The van der Waals surface area contributed by atoms with E-state index in [-0.39, 0.29) is 30.9 Å². The first-order chi connectivity index (χ1) is 8.61. The van der Waals surface area contributed by atoms with E-state index in [1.807, 2.05) is 13.0 Å². The average molecular weight is 312 g/mol. The molecule has 96 valence electrons. The Bertz CT molecular complexity index is 461. The van der Waals surface area contributed by atoms with E-state index >= 15 is 0 Å². The van der Waals surface area contributed by atoms with Crippen LogP contribution < -0.4 is 5.32 Å². The largest absolute Gasteiger partial charge is 0.297 e. The Hall–Kier alpha value is -1.27. The van der Waals surface area contributed by atoms with Crippen LogP contribution in [0.15, 0.2) is 22.8 Å². The number of hydrogen-bond acceptors (Lipinski definition) is 4. The second-order valence-corrected chi connectivity index (χ2v) is 5.04. The average Bonchev–Trinajstić information content (AvgIpc) is 2.37. The summed E-state index contributed by atoms with van der Waals surface area (Å²) in [7, 11) is 0. The maximum Gasteiger partial charge on any atom is 0.246 e. The second kappa shape index (κ2) is 5.58. The number of nitrogens with one attached hydrogen (secondary N) is 1. The SMILES string of the molecule is CCC1NCC(=O)N(Cc2ccc(Br)cn2)C1=O. The molecule has 2 rings (SSSR count). The highest BCUT2D eigenvalue weighted by molar-refractivity contribution is 9.10. The molecule has 5 nitrogen and oxygen atoms in total. The molecule has 0 spiro atoms. The zero-order valence-corrected chi connectivity index (χ0v) is 11.6. The molecule has 0 radical (unpaired) electrons. The predicted molar refractivity (Wildman–Crippen MR) is 69.6 cm³/mol. The maximum absolute atomic E-state index is 12.0. The predicted octanol–water partition coefficient (Wildman–Crippen LogP) is 1.08. The monoisotopic (exact) mass is 311 g/mol. The molecule has 1 aromatic heterocycles. The normalized spacial score (nSPS) is 20.3. The van der Waals surface area contributed by atoms with Gasteiger partial charge in [0.05, 0.1) is 24.8 Å². The lowest BCUT2D eigenvalue weighted by atomic mass is 10.1. The fourth-order valence-corrected chi connectivity index (χ4v) is 2.09. The van der Waals surface area contributed by atoms with Gasteiger partial charge in [-0.25, -0.2) is 0 Å². The van der Waals surface area contributed by atoms with Crippen LogP contribution in [-0.2, 0) is 16.1 Å². The molecule has 2 amide bonds. The van der Waals surface area contributed by atoms with Crippen LogP contribution in [0.1, 0.15) is 19.0 Å². The number of nitrogens with zero attached hydrogens (tertiary/aromatic N) is 2. The van der Waals surface area contributed by atoms with Crippen molar-refractivity contribution in [2.24, 2.45) is 0 Å². The van der Waals surface area contributed by atoms with E-state index in [0.29, 0.717) is 12.1 Å². The lowest BCUT2D eigenvalue weighted by Gasteiger charge is -2.30. The van der Waals surface area contributed by atoms with Crippen molar-refractivity contribution in [2.45, 2.75) is 25.9 Å². The van der Waals surface area contributed by atoms with Gasteiger partial charge in [-0.3, -0.25) is 24.8 Å². The number of carbonyl (C=O) groups is 2. The van der Waals surface area contributed by atoms with Gasteiger partial charge in [-0.05, 0) is 34.5 Å². The fraction of sp³-hybridized carbons (Fsp3) is 0.417. The molecule has 0 aromatic carbocycles. The lowest BCUT2D eigenvalue weighted by molar-refractivity contribution is -0.150. The van der Waals surface area contributed by atoms with Crippen molar-refractivity contribution >= 4 is 27.7 Å². The van der Waals surface area contributed by atoms with Crippen LogP contribution in [0.5, 0.6) is 0 Å². The number of amides is 2. The summed E-state index contributed by atoms with van der Waals surface area (Å²) in [5.41, 5.74) is 0.705. The Morgan fingerprint density at radius 3 is 2.89 bits per heavy atom. The van der Waals surface area contributed by atoms with Gasteiger partial charge in [-0.15, -0.1) is 0 Å². The van der Waals surface area contributed by atoms with Gasteiger partial charge < -0.3 is 0 Å². The van der Waals surface area contributed by atoms with Crippen LogP contribution in [0.2, 0.25) is 0 Å². The Kier molecular flexibility index (Phi) is 4.08. The van der Waals surface area contributed by atoms with E-state index in [2.05, 4.69) is 26.2 Å². The highest BCUT2D eigenvalue weighted by Crippen LogP contribution is 2.12. The van der Waals surface area contributed by atoms with Crippen LogP contribution in [0.3, 0.4) is 0 Å². The van der Waals surface area contributed by atoms with Gasteiger partial charge in [0.1, 0.15) is 0 Å². The van der Waals surface area contributed by atoms with Crippen LogP contribution in [-0.4, -0.2) is 34.3 Å². The topological polar surface area (TPSA) is 62.3 Å². The standard InChI is InChI=1S/C12H14BrN3O2/c1-2-10-12(18)16(11(17)6-15-10)7-9-4-3-8(13)5-14-9/h3-5,10,15H,2,6-7H2,1H3. The van der Waals surface area contributed by atoms with Gasteiger partial charge in [0.15, 0.2) is 0 Å². The van der Waals surface area contributed by atoms with Crippen molar-refractivity contribution in [1.82, 2.24) is 15.2 Å². The minimum atomic E-state index is -0.266. The number of carbonyl (C=O) groups excluding carboxylic acids is 2. The van der Waals surface area contributed by atoms with Crippen LogP contribution in [0.25, 0.3) is 0 Å². The molecule has 1 aromatic rings. The molecule has 6 heteroatoms. The number of aromatic nitrogens is 1. The van der Waals surface area contributed by atoms with Crippen molar-refractivity contribution in [3.05, 3.63) is 28.5 Å². The lowest BCUT2D eigenvalue weighted by Crippen LogP contribution is -2.57. The minimum Gasteiger partial charge on any atom is -0.297 e. The van der Waals surface area contributed by atoms with Gasteiger partial charge in [-0.2, -0.15) is 0 Å². The molecular formula is C12H14BrN3O2. The third-order valence-electron chi connectivity index (χ3n) is 2.88. The van der Waals surface area contributed by atoms with Crippen molar-refractivity contribution in [2.75, 3.05) is 6.54 Å². The zero-order chi connectivity index (χ0) is 13.1. The summed E-state index contributed by atoms with van der Waals surface area (Å²) in [6, 6.07) is 3.38. The van der Waals surface area contributed by atoms with Crippen molar-refractivity contribution in [3.63, 3.8) is 0 Å². The van der Waals surface area contributed by atoms with Gasteiger partial charge in [0.2, 0.25) is 11.8 Å². The second-order valence-electron chi connectivity index (χ2n) is 4.13. The number of rotatable bonds is 3. The molecule has 0 saturated carbocycles. The summed E-state index contributed by atoms with van der Waals surface area (Å²) in [6.45, 7) is 2.37. The Morgan fingerprint density at radius 1 is 1.50 bits per heavy atom. The maximum atomic E-state index is 12.0. The minimum absolute atomic E-state index is 0.168. The number of pyridine rings is 1. The summed E-state index contributed by atoms with van der Waals surface area (Å²) in [5, 5.41) is 2.92. The van der Waals surface area contributed by atoms with Crippen LogP contribution in [0, 0.1) is 0 Å². The van der Waals surface area contributed by atoms with E-state index in [9.17, 15) is 9.59 Å². The first kappa shape index (κ1) is 13.2. The summed E-state index contributed by atoms with van der Waals surface area (Å²) in [5.74, 6) is -0.368. The molecular weight excluding hydrogens is 298 g/mol.